The van der Waals surface area contributed by atoms with E-state index in [0.29, 0.717) is 10.7 Å². The number of non-ortho nitro benzene ring substituents is 1. The average Bonchev–Trinajstić information content (AvgIpc) is 3.02. The quantitative estimate of drug-likeness (QED) is 0.340. The van der Waals surface area contributed by atoms with Crippen LogP contribution in [0, 0.1) is 10.1 Å². The van der Waals surface area contributed by atoms with Crippen LogP contribution in [0.25, 0.3) is 0 Å². The first-order valence-electron chi connectivity index (χ1n) is 9.14. The Balaban J connectivity index is 1.69. The van der Waals surface area contributed by atoms with Crippen molar-refractivity contribution in [2.24, 2.45) is 0 Å². The summed E-state index contributed by atoms with van der Waals surface area (Å²) in [6.07, 6.45) is 0. The number of anilines is 1. The van der Waals surface area contributed by atoms with E-state index in [2.05, 4.69) is 0 Å². The zero-order chi connectivity index (χ0) is 22.1. The van der Waals surface area contributed by atoms with E-state index in [9.17, 15) is 24.5 Å². The lowest BCUT2D eigenvalue weighted by Gasteiger charge is -2.27. The standard InChI is InChI=1S/C22H14ClN3O5/c23-15-7-11-16(12-8-15)24(20(27)14-5-9-17(10-6-14)26(30)31)13-25-21(28)18-3-1-2-4-19(18)22(25)29/h1-12H,13H2. The van der Waals surface area contributed by atoms with E-state index in [0.717, 1.165) is 4.90 Å². The first kappa shape index (κ1) is 20.2. The van der Waals surface area contributed by atoms with Gasteiger partial charge in [0.1, 0.15) is 6.67 Å². The molecule has 154 valence electrons. The Kier molecular flexibility index (Phi) is 5.22. The van der Waals surface area contributed by atoms with Crippen LogP contribution in [0.1, 0.15) is 31.1 Å². The van der Waals surface area contributed by atoms with Crippen LogP contribution < -0.4 is 4.90 Å². The van der Waals surface area contributed by atoms with Gasteiger partial charge in [0.05, 0.1) is 16.1 Å². The third-order valence-electron chi connectivity index (χ3n) is 4.87. The third-order valence-corrected chi connectivity index (χ3v) is 5.12. The summed E-state index contributed by atoms with van der Waals surface area (Å²) in [5.74, 6) is -1.54. The molecular formula is C22H14ClN3O5. The summed E-state index contributed by atoms with van der Waals surface area (Å²) < 4.78 is 0. The minimum Gasteiger partial charge on any atom is -0.290 e. The maximum Gasteiger partial charge on any atom is 0.269 e. The zero-order valence-electron chi connectivity index (χ0n) is 15.9. The summed E-state index contributed by atoms with van der Waals surface area (Å²) >= 11 is 5.95. The molecule has 0 unspecified atom stereocenters. The number of hydrogen-bond acceptors (Lipinski definition) is 5. The van der Waals surface area contributed by atoms with Crippen molar-refractivity contribution in [3.63, 3.8) is 0 Å². The summed E-state index contributed by atoms with van der Waals surface area (Å²) in [6, 6.07) is 17.8. The SMILES string of the molecule is O=C1c2ccccc2C(=O)N1CN(C(=O)c1ccc([N+](=O)[O-])cc1)c1ccc(Cl)cc1. The van der Waals surface area contributed by atoms with Gasteiger partial charge in [-0.3, -0.25) is 34.3 Å². The van der Waals surface area contributed by atoms with Crippen molar-refractivity contribution in [1.29, 1.82) is 0 Å². The molecule has 0 saturated heterocycles. The number of halogens is 1. The van der Waals surface area contributed by atoms with Gasteiger partial charge in [0.2, 0.25) is 0 Å². The fourth-order valence-corrected chi connectivity index (χ4v) is 3.40. The summed E-state index contributed by atoms with van der Waals surface area (Å²) in [6.45, 7) is -0.330. The molecule has 0 atom stereocenters. The Bertz CT molecular complexity index is 1170. The van der Waals surface area contributed by atoms with Crippen molar-refractivity contribution < 1.29 is 19.3 Å². The highest BCUT2D eigenvalue weighted by Gasteiger charge is 2.37. The number of carbonyl (C=O) groups is 3. The second-order valence-corrected chi connectivity index (χ2v) is 7.18. The highest BCUT2D eigenvalue weighted by molar-refractivity contribution is 6.30. The van der Waals surface area contributed by atoms with Gasteiger partial charge in [-0.1, -0.05) is 23.7 Å². The molecule has 0 bridgehead atoms. The van der Waals surface area contributed by atoms with Crippen molar-refractivity contribution in [3.05, 3.63) is 105 Å². The number of nitro benzene ring substituents is 1. The monoisotopic (exact) mass is 435 g/mol. The molecule has 0 radical (unpaired) electrons. The van der Waals surface area contributed by atoms with Gasteiger partial charge in [0.25, 0.3) is 23.4 Å². The lowest BCUT2D eigenvalue weighted by atomic mass is 10.1. The van der Waals surface area contributed by atoms with Crippen LogP contribution in [0.3, 0.4) is 0 Å². The summed E-state index contributed by atoms with van der Waals surface area (Å²) in [5.41, 5.74) is 0.953. The van der Waals surface area contributed by atoms with Crippen molar-refractivity contribution >= 4 is 40.7 Å². The molecule has 1 heterocycles. The minimum absolute atomic E-state index is 0.157. The molecule has 0 aromatic heterocycles. The fourth-order valence-electron chi connectivity index (χ4n) is 3.27. The summed E-state index contributed by atoms with van der Waals surface area (Å²) in [7, 11) is 0. The lowest BCUT2D eigenvalue weighted by Crippen LogP contribution is -2.44. The third kappa shape index (κ3) is 3.76. The van der Waals surface area contributed by atoms with Crippen molar-refractivity contribution in [3.8, 4) is 0 Å². The highest BCUT2D eigenvalue weighted by atomic mass is 35.5. The van der Waals surface area contributed by atoms with E-state index in [1.165, 1.54) is 29.2 Å². The van der Waals surface area contributed by atoms with Crippen LogP contribution in [0.15, 0.2) is 72.8 Å². The largest absolute Gasteiger partial charge is 0.290 e. The van der Waals surface area contributed by atoms with Gasteiger partial charge in [0.15, 0.2) is 0 Å². The molecule has 31 heavy (non-hydrogen) atoms. The molecule has 4 rings (SSSR count). The number of carbonyl (C=O) groups excluding carboxylic acids is 3. The van der Waals surface area contributed by atoms with Crippen molar-refractivity contribution in [2.45, 2.75) is 0 Å². The zero-order valence-corrected chi connectivity index (χ0v) is 16.7. The number of benzene rings is 3. The van der Waals surface area contributed by atoms with Crippen LogP contribution in [0.2, 0.25) is 5.02 Å². The van der Waals surface area contributed by atoms with Gasteiger partial charge in [-0.15, -0.1) is 0 Å². The number of fused-ring (bicyclic) bond motifs is 1. The van der Waals surface area contributed by atoms with E-state index < -0.39 is 22.6 Å². The molecule has 9 heteroatoms. The van der Waals surface area contributed by atoms with Crippen LogP contribution >= 0.6 is 11.6 Å². The van der Waals surface area contributed by atoms with E-state index in [1.54, 1.807) is 48.5 Å². The van der Waals surface area contributed by atoms with Gasteiger partial charge < -0.3 is 0 Å². The van der Waals surface area contributed by atoms with Gasteiger partial charge in [0, 0.05) is 28.4 Å². The van der Waals surface area contributed by atoms with Gasteiger partial charge in [-0.2, -0.15) is 0 Å². The number of imide groups is 1. The fraction of sp³-hybridized carbons (Fsp3) is 0.0455. The van der Waals surface area contributed by atoms with Crippen LogP contribution in [0.5, 0.6) is 0 Å². The van der Waals surface area contributed by atoms with E-state index in [-0.39, 0.29) is 29.0 Å². The number of nitrogens with zero attached hydrogens (tertiary/aromatic N) is 3. The summed E-state index contributed by atoms with van der Waals surface area (Å²) in [5, 5.41) is 11.3. The minimum atomic E-state index is -0.565. The second-order valence-electron chi connectivity index (χ2n) is 6.74. The molecule has 0 aliphatic carbocycles. The van der Waals surface area contributed by atoms with Crippen LogP contribution in [0.4, 0.5) is 11.4 Å². The lowest BCUT2D eigenvalue weighted by molar-refractivity contribution is -0.384. The maximum atomic E-state index is 13.3. The predicted octanol–water partition coefficient (Wildman–Crippen LogP) is 4.15. The number of nitro groups is 1. The molecule has 3 aromatic rings. The van der Waals surface area contributed by atoms with Crippen LogP contribution in [-0.2, 0) is 0 Å². The molecule has 1 aliphatic rings. The topological polar surface area (TPSA) is 101 Å². The molecule has 0 saturated carbocycles. The Morgan fingerprint density at radius 1 is 0.903 bits per heavy atom. The smallest absolute Gasteiger partial charge is 0.269 e. The predicted molar refractivity (Wildman–Crippen MR) is 113 cm³/mol. The molecule has 1 aliphatic heterocycles. The van der Waals surface area contributed by atoms with Crippen molar-refractivity contribution in [2.75, 3.05) is 11.6 Å². The Morgan fingerprint density at radius 2 is 1.45 bits per heavy atom. The van der Waals surface area contributed by atoms with Gasteiger partial charge in [-0.05, 0) is 48.5 Å². The molecular weight excluding hydrogens is 422 g/mol. The molecule has 8 nitrogen and oxygen atoms in total. The Morgan fingerprint density at radius 3 is 1.97 bits per heavy atom. The van der Waals surface area contributed by atoms with E-state index in [4.69, 9.17) is 11.6 Å². The molecule has 0 N–H and O–H groups in total. The first-order valence-corrected chi connectivity index (χ1v) is 9.52. The Hall–Kier alpha value is -4.04. The number of rotatable bonds is 5. The normalized spacial score (nSPS) is 12.6. The van der Waals surface area contributed by atoms with Crippen LogP contribution in [-0.4, -0.2) is 34.2 Å². The molecule has 0 spiro atoms. The van der Waals surface area contributed by atoms with Crippen molar-refractivity contribution in [1.82, 2.24) is 4.90 Å². The average molecular weight is 436 g/mol. The van der Waals surface area contributed by atoms with E-state index >= 15 is 0 Å². The number of amides is 3. The molecule has 0 fully saturated rings. The van der Waals surface area contributed by atoms with E-state index in [1.807, 2.05) is 0 Å². The molecule has 3 amide bonds. The maximum absolute atomic E-state index is 13.3. The highest BCUT2D eigenvalue weighted by Crippen LogP contribution is 2.26. The second kappa shape index (κ2) is 8.00. The summed E-state index contributed by atoms with van der Waals surface area (Å²) in [4.78, 5) is 51.4. The van der Waals surface area contributed by atoms with Gasteiger partial charge >= 0.3 is 0 Å². The first-order chi connectivity index (χ1) is 14.9. The Labute approximate surface area is 181 Å². The molecule has 3 aromatic carbocycles. The van der Waals surface area contributed by atoms with Gasteiger partial charge in [-0.25, -0.2) is 0 Å². The number of hydrogen-bond donors (Lipinski definition) is 0.